The number of rotatable bonds is 2. The Morgan fingerprint density at radius 1 is 0.706 bits per heavy atom. The highest BCUT2D eigenvalue weighted by atomic mass is 14.9. The Kier molecular flexibility index (Phi) is 3.39. The Bertz CT molecular complexity index is 357. The maximum atomic E-state index is 4.61. The van der Waals surface area contributed by atoms with Crippen LogP contribution in [0.25, 0.3) is 0 Å². The van der Waals surface area contributed by atoms with E-state index in [1.807, 2.05) is 26.3 Å². The summed E-state index contributed by atoms with van der Waals surface area (Å²) in [6.45, 7) is 17.7. The summed E-state index contributed by atoms with van der Waals surface area (Å²) in [6.07, 6.45) is 3.75. The van der Waals surface area contributed by atoms with Crippen molar-refractivity contribution >= 4 is 12.4 Å². The van der Waals surface area contributed by atoms with Crippen LogP contribution in [0.1, 0.15) is 55.4 Å². The van der Waals surface area contributed by atoms with Gasteiger partial charge in [-0.05, 0) is 19.3 Å². The summed E-state index contributed by atoms with van der Waals surface area (Å²) >= 11 is 0. The second-order valence-electron chi connectivity index (χ2n) is 6.35. The van der Waals surface area contributed by atoms with Crippen LogP contribution >= 0.6 is 0 Å². The molecule has 0 amide bonds. The topological polar surface area (TPSA) is 24.7 Å². The molecular weight excluding hydrogens is 208 g/mol. The molecule has 0 aromatic heterocycles. The molecule has 0 bridgehead atoms. The lowest BCUT2D eigenvalue weighted by molar-refractivity contribution is 0.0609. The molecule has 2 heteroatoms. The van der Waals surface area contributed by atoms with Crippen molar-refractivity contribution in [3.63, 3.8) is 0 Å². The van der Waals surface area contributed by atoms with E-state index in [1.54, 1.807) is 0 Å². The van der Waals surface area contributed by atoms with Crippen molar-refractivity contribution in [2.75, 3.05) is 0 Å². The molecule has 0 aliphatic heterocycles. The normalized spacial score (nSPS) is 26.4. The smallest absolute Gasteiger partial charge is 0.0681 e. The van der Waals surface area contributed by atoms with E-state index in [-0.39, 0.29) is 16.2 Å². The number of aliphatic imine (C=N–C) groups is 2. The molecular formula is C15H26N2. The highest BCUT2D eigenvalue weighted by Gasteiger charge is 2.58. The van der Waals surface area contributed by atoms with Crippen LogP contribution in [0.15, 0.2) is 21.4 Å². The molecule has 0 heterocycles. The Hall–Kier alpha value is -0.920. The average molecular weight is 234 g/mol. The van der Waals surface area contributed by atoms with Gasteiger partial charge in [0.05, 0.1) is 11.4 Å². The molecule has 0 saturated heterocycles. The molecule has 0 aromatic rings. The van der Waals surface area contributed by atoms with Gasteiger partial charge >= 0.3 is 0 Å². The van der Waals surface area contributed by atoms with Gasteiger partial charge < -0.3 is 0 Å². The fraction of sp³-hybridized carbons (Fsp3) is 0.733. The minimum absolute atomic E-state index is 0.0326. The third kappa shape index (κ3) is 1.69. The fourth-order valence-electron chi connectivity index (χ4n) is 2.67. The molecule has 0 unspecified atom stereocenters. The standard InChI is InChI=1S/C15H26N2/c1-9-16-11-12(17-10-2)14(5,6)15(7,8)13(11,3)4/h9-10H,1-8H3/b16-9-,17-10-. The van der Waals surface area contributed by atoms with Crippen molar-refractivity contribution in [2.24, 2.45) is 26.2 Å². The van der Waals surface area contributed by atoms with Gasteiger partial charge in [0, 0.05) is 23.3 Å². The number of hydrogen-bond donors (Lipinski definition) is 0. The summed E-state index contributed by atoms with van der Waals surface area (Å²) in [6, 6.07) is 0. The molecule has 0 saturated carbocycles. The lowest BCUT2D eigenvalue weighted by Crippen LogP contribution is -2.39. The first kappa shape index (κ1) is 14.1. The van der Waals surface area contributed by atoms with Crippen LogP contribution in [-0.4, -0.2) is 12.4 Å². The van der Waals surface area contributed by atoms with E-state index in [9.17, 15) is 0 Å². The summed E-state index contributed by atoms with van der Waals surface area (Å²) in [5.74, 6) is 0. The molecule has 2 nitrogen and oxygen atoms in total. The zero-order chi connectivity index (χ0) is 13.5. The van der Waals surface area contributed by atoms with E-state index in [4.69, 9.17) is 0 Å². The van der Waals surface area contributed by atoms with E-state index >= 15 is 0 Å². The molecule has 0 radical (unpaired) electrons. The second kappa shape index (κ2) is 4.08. The summed E-state index contributed by atoms with van der Waals surface area (Å²) in [5.41, 5.74) is 2.46. The predicted molar refractivity (Wildman–Crippen MR) is 76.7 cm³/mol. The first-order chi connectivity index (χ1) is 7.64. The van der Waals surface area contributed by atoms with Crippen LogP contribution in [0.4, 0.5) is 0 Å². The minimum atomic E-state index is 0.0326. The van der Waals surface area contributed by atoms with Crippen LogP contribution in [0, 0.1) is 16.2 Å². The van der Waals surface area contributed by atoms with Gasteiger partial charge in [0.25, 0.3) is 0 Å². The van der Waals surface area contributed by atoms with E-state index in [2.05, 4.69) is 51.5 Å². The lowest BCUT2D eigenvalue weighted by atomic mass is 9.59. The molecule has 1 rings (SSSR count). The maximum absolute atomic E-state index is 4.61. The first-order valence-corrected chi connectivity index (χ1v) is 6.37. The minimum Gasteiger partial charge on any atom is -0.263 e. The van der Waals surface area contributed by atoms with Crippen molar-refractivity contribution in [3.05, 3.63) is 11.4 Å². The van der Waals surface area contributed by atoms with Crippen LogP contribution in [0.3, 0.4) is 0 Å². The molecule has 1 aliphatic carbocycles. The largest absolute Gasteiger partial charge is 0.263 e. The summed E-state index contributed by atoms with van der Waals surface area (Å²) in [7, 11) is 0. The van der Waals surface area contributed by atoms with E-state index < -0.39 is 0 Å². The number of allylic oxidation sites excluding steroid dienone is 2. The lowest BCUT2D eigenvalue weighted by Gasteiger charge is -2.44. The first-order valence-electron chi connectivity index (χ1n) is 6.37. The summed E-state index contributed by atoms with van der Waals surface area (Å²) in [4.78, 5) is 9.22. The van der Waals surface area contributed by atoms with Gasteiger partial charge in [-0.2, -0.15) is 0 Å². The van der Waals surface area contributed by atoms with Gasteiger partial charge in [0.1, 0.15) is 0 Å². The quantitative estimate of drug-likeness (QED) is 0.630. The van der Waals surface area contributed by atoms with Crippen molar-refractivity contribution in [3.8, 4) is 0 Å². The highest BCUT2D eigenvalue weighted by Crippen LogP contribution is 2.65. The summed E-state index contributed by atoms with van der Waals surface area (Å²) < 4.78 is 0. The van der Waals surface area contributed by atoms with Gasteiger partial charge in [-0.1, -0.05) is 41.5 Å². The van der Waals surface area contributed by atoms with Crippen molar-refractivity contribution in [2.45, 2.75) is 55.4 Å². The maximum Gasteiger partial charge on any atom is 0.0681 e. The third-order valence-electron chi connectivity index (χ3n) is 5.05. The molecule has 0 aromatic carbocycles. The van der Waals surface area contributed by atoms with Gasteiger partial charge in [0.15, 0.2) is 0 Å². The molecule has 96 valence electrons. The zero-order valence-corrected chi connectivity index (χ0v) is 12.5. The summed E-state index contributed by atoms with van der Waals surface area (Å²) in [5, 5.41) is 0. The Balaban J connectivity index is 3.58. The molecule has 0 spiro atoms. The van der Waals surface area contributed by atoms with E-state index in [0.29, 0.717) is 0 Å². The Labute approximate surface area is 106 Å². The Morgan fingerprint density at radius 2 is 1.00 bits per heavy atom. The van der Waals surface area contributed by atoms with Crippen molar-refractivity contribution in [1.82, 2.24) is 0 Å². The third-order valence-corrected chi connectivity index (χ3v) is 5.05. The van der Waals surface area contributed by atoms with Crippen LogP contribution in [0.2, 0.25) is 0 Å². The Morgan fingerprint density at radius 3 is 1.24 bits per heavy atom. The highest BCUT2D eigenvalue weighted by molar-refractivity contribution is 5.60. The molecule has 17 heavy (non-hydrogen) atoms. The molecule has 0 fully saturated rings. The molecule has 0 atom stereocenters. The molecule has 1 aliphatic rings. The molecule has 0 N–H and O–H groups in total. The number of nitrogens with zero attached hydrogens (tertiary/aromatic N) is 2. The van der Waals surface area contributed by atoms with Crippen molar-refractivity contribution < 1.29 is 0 Å². The van der Waals surface area contributed by atoms with E-state index in [0.717, 1.165) is 11.4 Å². The van der Waals surface area contributed by atoms with Crippen LogP contribution < -0.4 is 0 Å². The van der Waals surface area contributed by atoms with Gasteiger partial charge in [-0.3, -0.25) is 9.98 Å². The fourth-order valence-corrected chi connectivity index (χ4v) is 2.67. The van der Waals surface area contributed by atoms with Gasteiger partial charge in [-0.15, -0.1) is 0 Å². The second-order valence-corrected chi connectivity index (χ2v) is 6.35. The van der Waals surface area contributed by atoms with Gasteiger partial charge in [-0.25, -0.2) is 0 Å². The SMILES string of the molecule is C/C=N\C1=C(/N=C\C)C(C)(C)C(C)(C)C1(C)C. The van der Waals surface area contributed by atoms with Crippen LogP contribution in [-0.2, 0) is 0 Å². The van der Waals surface area contributed by atoms with Gasteiger partial charge in [0.2, 0.25) is 0 Å². The monoisotopic (exact) mass is 234 g/mol. The number of hydrogen-bond acceptors (Lipinski definition) is 2. The van der Waals surface area contributed by atoms with Crippen LogP contribution in [0.5, 0.6) is 0 Å². The van der Waals surface area contributed by atoms with Crippen molar-refractivity contribution in [1.29, 1.82) is 0 Å². The zero-order valence-electron chi connectivity index (χ0n) is 12.5. The predicted octanol–water partition coefficient (Wildman–Crippen LogP) is 4.47. The average Bonchev–Trinajstić information content (AvgIpc) is 2.29. The van der Waals surface area contributed by atoms with E-state index in [1.165, 1.54) is 0 Å².